The first-order valence-electron chi connectivity index (χ1n) is 9.78. The maximum absolute atomic E-state index is 13.1. The van der Waals surface area contributed by atoms with E-state index in [0.29, 0.717) is 23.7 Å². The molecule has 1 atom stereocenters. The summed E-state index contributed by atoms with van der Waals surface area (Å²) in [5, 5.41) is 1.17. The van der Waals surface area contributed by atoms with Crippen molar-refractivity contribution in [3.8, 4) is 5.75 Å². The minimum atomic E-state index is -3.51. The van der Waals surface area contributed by atoms with Crippen molar-refractivity contribution < 1.29 is 13.2 Å². The Hall–Kier alpha value is -2.31. The number of fused-ring (bicyclic) bond motifs is 1. The summed E-state index contributed by atoms with van der Waals surface area (Å²) >= 11 is 0. The number of aromatic amines is 1. The number of aromatic nitrogens is 1. The number of hydrogen-bond acceptors (Lipinski definition) is 3. The predicted octanol–water partition coefficient (Wildman–Crippen LogP) is 4.52. The molecular formula is C22H26N2O3S. The number of H-pyrrole nitrogens is 1. The van der Waals surface area contributed by atoms with Crippen molar-refractivity contribution in [2.24, 2.45) is 0 Å². The zero-order valence-electron chi connectivity index (χ0n) is 16.3. The van der Waals surface area contributed by atoms with Gasteiger partial charge in [0.25, 0.3) is 0 Å². The molecule has 1 saturated heterocycles. The monoisotopic (exact) mass is 398 g/mol. The molecule has 1 aromatic heterocycles. The van der Waals surface area contributed by atoms with Gasteiger partial charge in [-0.2, -0.15) is 4.31 Å². The fourth-order valence-corrected chi connectivity index (χ4v) is 5.37. The van der Waals surface area contributed by atoms with Gasteiger partial charge in [-0.3, -0.25) is 0 Å². The Kier molecular flexibility index (Phi) is 5.17. The van der Waals surface area contributed by atoms with Gasteiger partial charge < -0.3 is 9.72 Å². The Morgan fingerprint density at radius 2 is 1.86 bits per heavy atom. The minimum Gasteiger partial charge on any atom is -0.491 e. The van der Waals surface area contributed by atoms with Crippen LogP contribution in [-0.2, 0) is 10.0 Å². The smallest absolute Gasteiger partial charge is 0.243 e. The molecule has 2 aromatic carbocycles. The van der Waals surface area contributed by atoms with Crippen molar-refractivity contribution in [2.75, 3.05) is 13.1 Å². The van der Waals surface area contributed by atoms with E-state index in [1.165, 1.54) is 5.39 Å². The summed E-state index contributed by atoms with van der Waals surface area (Å²) in [7, 11) is -3.51. The van der Waals surface area contributed by atoms with Gasteiger partial charge in [0, 0.05) is 30.2 Å². The fourth-order valence-electron chi connectivity index (χ4n) is 3.84. The second-order valence-electron chi connectivity index (χ2n) is 7.65. The molecule has 0 saturated carbocycles. The lowest BCUT2D eigenvalue weighted by molar-refractivity contribution is 0.242. The molecule has 0 bridgehead atoms. The first-order chi connectivity index (χ1) is 13.4. The first kappa shape index (κ1) is 19.0. The van der Waals surface area contributed by atoms with Crippen LogP contribution in [0.1, 0.15) is 38.3 Å². The molecule has 1 unspecified atom stereocenters. The molecular weight excluding hydrogens is 372 g/mol. The number of hydrogen-bond donors (Lipinski definition) is 1. The number of para-hydroxylation sites is 1. The summed E-state index contributed by atoms with van der Waals surface area (Å²) in [6.45, 7) is 4.95. The first-order valence-corrected chi connectivity index (χ1v) is 11.2. The number of benzene rings is 2. The molecule has 0 spiro atoms. The van der Waals surface area contributed by atoms with Crippen molar-refractivity contribution in [1.82, 2.24) is 9.29 Å². The van der Waals surface area contributed by atoms with Crippen molar-refractivity contribution in [3.05, 3.63) is 60.3 Å². The third kappa shape index (κ3) is 3.80. The summed E-state index contributed by atoms with van der Waals surface area (Å²) in [5.41, 5.74) is 2.21. The average Bonchev–Trinajstić information content (AvgIpc) is 3.12. The van der Waals surface area contributed by atoms with Crippen molar-refractivity contribution in [2.45, 2.75) is 43.6 Å². The van der Waals surface area contributed by atoms with Crippen LogP contribution in [0.4, 0.5) is 0 Å². The van der Waals surface area contributed by atoms with Gasteiger partial charge in [0.1, 0.15) is 5.75 Å². The van der Waals surface area contributed by atoms with Gasteiger partial charge in [0.2, 0.25) is 10.0 Å². The Morgan fingerprint density at radius 3 is 2.57 bits per heavy atom. The van der Waals surface area contributed by atoms with Crippen LogP contribution >= 0.6 is 0 Å². The summed E-state index contributed by atoms with van der Waals surface area (Å²) in [5.74, 6) is 0.864. The zero-order valence-corrected chi connectivity index (χ0v) is 17.1. The Balaban J connectivity index is 1.54. The Morgan fingerprint density at radius 1 is 1.11 bits per heavy atom. The number of sulfonamides is 1. The summed E-state index contributed by atoms with van der Waals surface area (Å²) in [6.07, 6.45) is 1.90. The van der Waals surface area contributed by atoms with Crippen LogP contribution in [0.15, 0.2) is 59.5 Å². The lowest BCUT2D eigenvalue weighted by Gasteiger charge is -2.31. The second kappa shape index (κ2) is 7.60. The van der Waals surface area contributed by atoms with E-state index in [9.17, 15) is 8.42 Å². The highest BCUT2D eigenvalue weighted by atomic mass is 32.2. The molecule has 5 nitrogen and oxygen atoms in total. The topological polar surface area (TPSA) is 62.4 Å². The molecule has 1 aliphatic heterocycles. The van der Waals surface area contributed by atoms with Crippen molar-refractivity contribution in [3.63, 3.8) is 0 Å². The highest BCUT2D eigenvalue weighted by molar-refractivity contribution is 7.89. The van der Waals surface area contributed by atoms with E-state index in [2.05, 4.69) is 23.2 Å². The molecule has 28 heavy (non-hydrogen) atoms. The van der Waals surface area contributed by atoms with E-state index in [4.69, 9.17) is 4.74 Å². The fraction of sp³-hybridized carbons (Fsp3) is 0.364. The second-order valence-corrected chi connectivity index (χ2v) is 9.59. The van der Waals surface area contributed by atoms with Crippen LogP contribution in [0.25, 0.3) is 10.9 Å². The number of rotatable bonds is 5. The maximum Gasteiger partial charge on any atom is 0.243 e. The molecule has 0 radical (unpaired) electrons. The van der Waals surface area contributed by atoms with E-state index in [-0.39, 0.29) is 12.0 Å². The number of piperidine rings is 1. The van der Waals surface area contributed by atoms with E-state index in [1.54, 1.807) is 28.6 Å². The largest absolute Gasteiger partial charge is 0.491 e. The van der Waals surface area contributed by atoms with Crippen LogP contribution in [0.5, 0.6) is 5.75 Å². The molecule has 2 heterocycles. The SMILES string of the molecule is CC(C)Oc1ccc(S(=O)(=O)N2CCCC(c3cc4ccccc4[nH]3)C2)cc1. The van der Waals surface area contributed by atoms with Crippen molar-refractivity contribution >= 4 is 20.9 Å². The van der Waals surface area contributed by atoms with Gasteiger partial charge in [0.05, 0.1) is 11.0 Å². The van der Waals surface area contributed by atoms with Gasteiger partial charge in [-0.1, -0.05) is 18.2 Å². The Labute approximate surface area is 166 Å². The lowest BCUT2D eigenvalue weighted by atomic mass is 9.96. The molecule has 148 valence electrons. The van der Waals surface area contributed by atoms with Gasteiger partial charge in [-0.25, -0.2) is 8.42 Å². The van der Waals surface area contributed by atoms with Gasteiger partial charge in [0.15, 0.2) is 0 Å². The Bertz CT molecular complexity index is 1020. The molecule has 0 aliphatic carbocycles. The molecule has 1 N–H and O–H groups in total. The molecule has 6 heteroatoms. The maximum atomic E-state index is 13.1. The van der Waals surface area contributed by atoms with Gasteiger partial charge >= 0.3 is 0 Å². The van der Waals surface area contributed by atoms with E-state index in [1.807, 2.05) is 26.0 Å². The van der Waals surface area contributed by atoms with Crippen LogP contribution in [0.2, 0.25) is 0 Å². The third-order valence-corrected chi connectivity index (χ3v) is 7.09. The number of nitrogens with zero attached hydrogens (tertiary/aromatic N) is 1. The van der Waals surface area contributed by atoms with Gasteiger partial charge in [-0.05, 0) is 68.5 Å². The highest BCUT2D eigenvalue weighted by Gasteiger charge is 2.31. The third-order valence-electron chi connectivity index (χ3n) is 5.21. The molecule has 1 aliphatic rings. The van der Waals surface area contributed by atoms with E-state index >= 15 is 0 Å². The molecule has 4 rings (SSSR count). The summed E-state index contributed by atoms with van der Waals surface area (Å²) < 4.78 is 33.5. The van der Waals surface area contributed by atoms with Crippen molar-refractivity contribution in [1.29, 1.82) is 0 Å². The zero-order chi connectivity index (χ0) is 19.7. The average molecular weight is 399 g/mol. The molecule has 1 fully saturated rings. The van der Waals surface area contributed by atoms with Crippen LogP contribution < -0.4 is 4.74 Å². The quantitative estimate of drug-likeness (QED) is 0.687. The highest BCUT2D eigenvalue weighted by Crippen LogP contribution is 2.32. The van der Waals surface area contributed by atoms with Crippen LogP contribution in [0, 0.1) is 0 Å². The summed E-state index contributed by atoms with van der Waals surface area (Å²) in [6, 6.07) is 17.0. The number of nitrogens with one attached hydrogen (secondary N) is 1. The molecule has 0 amide bonds. The van der Waals surface area contributed by atoms with E-state index in [0.717, 1.165) is 24.1 Å². The minimum absolute atomic E-state index is 0.0571. The summed E-state index contributed by atoms with van der Waals surface area (Å²) in [4.78, 5) is 3.78. The van der Waals surface area contributed by atoms with Gasteiger partial charge in [-0.15, -0.1) is 0 Å². The molecule has 3 aromatic rings. The number of ether oxygens (including phenoxy) is 1. The normalized spacial score (nSPS) is 18.6. The lowest BCUT2D eigenvalue weighted by Crippen LogP contribution is -2.39. The standard InChI is InChI=1S/C22H26N2O3S/c1-16(2)27-19-9-11-20(12-10-19)28(25,26)24-13-5-7-18(15-24)22-14-17-6-3-4-8-21(17)23-22/h3-4,6,8-12,14,16,18,23H,5,7,13,15H2,1-2H3. The van der Waals surface area contributed by atoms with Crippen LogP contribution in [-0.4, -0.2) is 36.9 Å². The van der Waals surface area contributed by atoms with Crippen LogP contribution in [0.3, 0.4) is 0 Å². The predicted molar refractivity (Wildman–Crippen MR) is 111 cm³/mol. The van der Waals surface area contributed by atoms with E-state index < -0.39 is 10.0 Å².